The molecule has 0 spiro atoms. The summed E-state index contributed by atoms with van der Waals surface area (Å²) < 4.78 is 5.82. The summed E-state index contributed by atoms with van der Waals surface area (Å²) in [6, 6.07) is 17.0. The zero-order valence-corrected chi connectivity index (χ0v) is 16.3. The van der Waals surface area contributed by atoms with E-state index >= 15 is 0 Å². The van der Waals surface area contributed by atoms with Crippen LogP contribution in [0.4, 0.5) is 5.69 Å². The first kappa shape index (κ1) is 19.0. The molecule has 0 radical (unpaired) electrons. The number of hydrogen-bond acceptors (Lipinski definition) is 4. The first-order valence-electron chi connectivity index (χ1n) is 8.75. The summed E-state index contributed by atoms with van der Waals surface area (Å²) in [5.74, 6) is 0.572. The molecule has 27 heavy (non-hydrogen) atoms. The Morgan fingerprint density at radius 2 is 1.74 bits per heavy atom. The Bertz CT molecular complexity index is 916. The van der Waals surface area contributed by atoms with Gasteiger partial charge in [0, 0.05) is 22.9 Å². The van der Waals surface area contributed by atoms with E-state index in [1.807, 2.05) is 68.4 Å². The molecule has 3 aromatic rings. The highest BCUT2D eigenvalue weighted by atomic mass is 32.2. The number of fused-ring (bicyclic) bond motifs is 1. The van der Waals surface area contributed by atoms with E-state index < -0.39 is 0 Å². The molecule has 0 saturated carbocycles. The van der Waals surface area contributed by atoms with Crippen molar-refractivity contribution in [2.45, 2.75) is 37.0 Å². The fourth-order valence-corrected chi connectivity index (χ4v) is 3.57. The van der Waals surface area contributed by atoms with E-state index in [1.54, 1.807) is 0 Å². The summed E-state index contributed by atoms with van der Waals surface area (Å²) in [5.41, 5.74) is 1.55. The second kappa shape index (κ2) is 8.31. The monoisotopic (exact) mass is 382 g/mol. The molecule has 0 aliphatic heterocycles. The molecular weight excluding hydrogens is 360 g/mol. The van der Waals surface area contributed by atoms with Gasteiger partial charge in [0.2, 0.25) is 11.8 Å². The Hall–Kier alpha value is -2.73. The zero-order valence-electron chi connectivity index (χ0n) is 15.5. The standard InChI is InChI=1S/C21H22N2O3S/c1-13(20-12-16-6-4-5-7-19(16)26-20)22-21(25)14(2)27-18-10-8-17(9-11-18)23-15(3)24/h4-14H,1-3H3,(H,22,25)(H,23,24). The smallest absolute Gasteiger partial charge is 0.233 e. The van der Waals surface area contributed by atoms with Crippen LogP contribution in [-0.2, 0) is 9.59 Å². The Balaban J connectivity index is 1.58. The van der Waals surface area contributed by atoms with E-state index in [2.05, 4.69) is 10.6 Å². The Labute approximate surface area is 162 Å². The van der Waals surface area contributed by atoms with Gasteiger partial charge in [0.25, 0.3) is 0 Å². The number of benzene rings is 2. The SMILES string of the molecule is CC(=O)Nc1ccc(SC(C)C(=O)NC(C)c2cc3ccccc3o2)cc1. The lowest BCUT2D eigenvalue weighted by atomic mass is 10.2. The van der Waals surface area contributed by atoms with Crippen molar-refractivity contribution in [3.8, 4) is 0 Å². The van der Waals surface area contributed by atoms with Gasteiger partial charge >= 0.3 is 0 Å². The van der Waals surface area contributed by atoms with Crippen LogP contribution in [0.5, 0.6) is 0 Å². The van der Waals surface area contributed by atoms with E-state index in [9.17, 15) is 9.59 Å². The third-order valence-electron chi connectivity index (χ3n) is 4.09. The van der Waals surface area contributed by atoms with E-state index in [0.29, 0.717) is 0 Å². The summed E-state index contributed by atoms with van der Waals surface area (Å²) in [6.07, 6.45) is 0. The van der Waals surface area contributed by atoms with Gasteiger partial charge in [0.1, 0.15) is 11.3 Å². The molecule has 0 aliphatic rings. The molecule has 2 atom stereocenters. The van der Waals surface area contributed by atoms with E-state index in [0.717, 1.165) is 27.3 Å². The number of amides is 2. The maximum Gasteiger partial charge on any atom is 0.233 e. The van der Waals surface area contributed by atoms with Crippen molar-refractivity contribution >= 4 is 40.2 Å². The minimum atomic E-state index is -0.261. The van der Waals surface area contributed by atoms with Crippen LogP contribution in [0.25, 0.3) is 11.0 Å². The number of para-hydroxylation sites is 1. The first-order valence-corrected chi connectivity index (χ1v) is 9.63. The van der Waals surface area contributed by atoms with Crippen molar-refractivity contribution in [3.05, 3.63) is 60.4 Å². The second-order valence-electron chi connectivity index (χ2n) is 6.38. The van der Waals surface area contributed by atoms with E-state index in [4.69, 9.17) is 4.42 Å². The number of anilines is 1. The Morgan fingerprint density at radius 3 is 2.41 bits per heavy atom. The maximum absolute atomic E-state index is 12.5. The van der Waals surface area contributed by atoms with E-state index in [1.165, 1.54) is 18.7 Å². The average molecular weight is 382 g/mol. The van der Waals surface area contributed by atoms with Crippen molar-refractivity contribution in [2.75, 3.05) is 5.32 Å². The molecule has 1 aromatic heterocycles. The molecule has 2 aromatic carbocycles. The first-order chi connectivity index (χ1) is 12.9. The van der Waals surface area contributed by atoms with Crippen LogP contribution in [0.2, 0.25) is 0 Å². The highest BCUT2D eigenvalue weighted by Gasteiger charge is 2.19. The largest absolute Gasteiger partial charge is 0.459 e. The molecule has 0 aliphatic carbocycles. The number of carbonyl (C=O) groups excluding carboxylic acids is 2. The van der Waals surface area contributed by atoms with Gasteiger partial charge in [0.05, 0.1) is 11.3 Å². The topological polar surface area (TPSA) is 71.3 Å². The van der Waals surface area contributed by atoms with Crippen LogP contribution in [0.15, 0.2) is 63.9 Å². The molecule has 5 nitrogen and oxygen atoms in total. The van der Waals surface area contributed by atoms with Crippen molar-refractivity contribution in [3.63, 3.8) is 0 Å². The van der Waals surface area contributed by atoms with Crippen LogP contribution < -0.4 is 10.6 Å². The lowest BCUT2D eigenvalue weighted by Gasteiger charge is -2.16. The van der Waals surface area contributed by atoms with Crippen LogP contribution in [-0.4, -0.2) is 17.1 Å². The summed E-state index contributed by atoms with van der Waals surface area (Å²) >= 11 is 1.47. The molecule has 2 N–H and O–H groups in total. The average Bonchev–Trinajstić information content (AvgIpc) is 3.07. The summed E-state index contributed by atoms with van der Waals surface area (Å²) in [6.45, 7) is 5.25. The Kier molecular flexibility index (Phi) is 5.86. The van der Waals surface area contributed by atoms with Gasteiger partial charge in [-0.2, -0.15) is 0 Å². The number of hydrogen-bond donors (Lipinski definition) is 2. The van der Waals surface area contributed by atoms with Gasteiger partial charge in [0.15, 0.2) is 0 Å². The van der Waals surface area contributed by atoms with Gasteiger partial charge in [-0.3, -0.25) is 9.59 Å². The van der Waals surface area contributed by atoms with Gasteiger partial charge in [-0.1, -0.05) is 18.2 Å². The molecule has 1 heterocycles. The third-order valence-corrected chi connectivity index (χ3v) is 5.20. The van der Waals surface area contributed by atoms with Gasteiger partial charge in [-0.15, -0.1) is 11.8 Å². The summed E-state index contributed by atoms with van der Waals surface area (Å²) in [4.78, 5) is 24.6. The molecule has 0 saturated heterocycles. The van der Waals surface area contributed by atoms with Crippen LogP contribution >= 0.6 is 11.8 Å². The molecule has 2 amide bonds. The van der Waals surface area contributed by atoms with Crippen LogP contribution in [0.1, 0.15) is 32.6 Å². The highest BCUT2D eigenvalue weighted by Crippen LogP contribution is 2.27. The number of furan rings is 1. The van der Waals surface area contributed by atoms with Gasteiger partial charge < -0.3 is 15.1 Å². The second-order valence-corrected chi connectivity index (χ2v) is 7.80. The normalized spacial score (nSPS) is 13.1. The molecule has 2 unspecified atom stereocenters. The van der Waals surface area contributed by atoms with Crippen LogP contribution in [0, 0.1) is 0 Å². The molecule has 3 rings (SSSR count). The minimum absolute atomic E-state index is 0.0566. The third kappa shape index (κ3) is 4.92. The Morgan fingerprint density at radius 1 is 1.04 bits per heavy atom. The van der Waals surface area contributed by atoms with Gasteiger partial charge in [-0.25, -0.2) is 0 Å². The fraction of sp³-hybridized carbons (Fsp3) is 0.238. The van der Waals surface area contributed by atoms with Crippen molar-refractivity contribution < 1.29 is 14.0 Å². The lowest BCUT2D eigenvalue weighted by Crippen LogP contribution is -2.32. The number of nitrogens with one attached hydrogen (secondary N) is 2. The minimum Gasteiger partial charge on any atom is -0.459 e. The molecule has 0 bridgehead atoms. The van der Waals surface area contributed by atoms with Crippen molar-refractivity contribution in [2.24, 2.45) is 0 Å². The van der Waals surface area contributed by atoms with Crippen molar-refractivity contribution in [1.82, 2.24) is 5.32 Å². The number of rotatable bonds is 6. The quantitative estimate of drug-likeness (QED) is 0.604. The molecule has 0 fully saturated rings. The van der Waals surface area contributed by atoms with Crippen LogP contribution in [0.3, 0.4) is 0 Å². The maximum atomic E-state index is 12.5. The highest BCUT2D eigenvalue weighted by molar-refractivity contribution is 8.00. The summed E-state index contributed by atoms with van der Waals surface area (Å²) in [7, 11) is 0. The van der Waals surface area contributed by atoms with Gasteiger partial charge in [-0.05, 0) is 50.2 Å². The molecular formula is C21H22N2O3S. The zero-order chi connectivity index (χ0) is 19.4. The predicted octanol–water partition coefficient (Wildman–Crippen LogP) is 4.75. The summed E-state index contributed by atoms with van der Waals surface area (Å²) in [5, 5.41) is 6.49. The fourth-order valence-electron chi connectivity index (χ4n) is 2.70. The van der Waals surface area contributed by atoms with E-state index in [-0.39, 0.29) is 23.1 Å². The molecule has 6 heteroatoms. The predicted molar refractivity (Wildman–Crippen MR) is 109 cm³/mol. The number of carbonyl (C=O) groups is 2. The lowest BCUT2D eigenvalue weighted by molar-refractivity contribution is -0.121. The number of thioether (sulfide) groups is 1. The van der Waals surface area contributed by atoms with Crippen molar-refractivity contribution in [1.29, 1.82) is 0 Å². The molecule has 140 valence electrons.